The summed E-state index contributed by atoms with van der Waals surface area (Å²) in [5.41, 5.74) is -2.58. The summed E-state index contributed by atoms with van der Waals surface area (Å²) in [5.74, 6) is 0. The lowest BCUT2D eigenvalue weighted by atomic mass is 10.3. The fraction of sp³-hybridized carbons (Fsp3) is 0.556. The number of hydrogen-bond donors (Lipinski definition) is 3. The number of nitrogens with zero attached hydrogens (tertiary/aromatic N) is 2. The Kier molecular flexibility index (Phi) is 4.75. The fourth-order valence-corrected chi connectivity index (χ4v) is 1.37. The Morgan fingerprint density at radius 1 is 1.61 bits per heavy atom. The van der Waals surface area contributed by atoms with E-state index in [-0.39, 0.29) is 13.1 Å². The van der Waals surface area contributed by atoms with E-state index < -0.39 is 28.0 Å². The van der Waals surface area contributed by atoms with Crippen LogP contribution in [-0.2, 0) is 6.54 Å². The Labute approximate surface area is 101 Å². The molecule has 1 atom stereocenters. The van der Waals surface area contributed by atoms with Gasteiger partial charge < -0.3 is 10.4 Å². The largest absolute Gasteiger partial charge is 0.390 e. The average Bonchev–Trinajstić information content (AvgIpc) is 2.29. The van der Waals surface area contributed by atoms with Crippen LogP contribution in [0.25, 0.3) is 0 Å². The molecule has 0 aliphatic rings. The van der Waals surface area contributed by atoms with E-state index in [9.17, 15) is 24.8 Å². The van der Waals surface area contributed by atoms with Crippen molar-refractivity contribution >= 4 is 5.69 Å². The van der Waals surface area contributed by atoms with Gasteiger partial charge in [0.25, 0.3) is 0 Å². The Morgan fingerprint density at radius 2 is 2.28 bits per heavy atom. The highest BCUT2D eigenvalue weighted by molar-refractivity contribution is 5.20. The van der Waals surface area contributed by atoms with Crippen LogP contribution in [0, 0.1) is 10.1 Å². The number of aromatic amines is 1. The van der Waals surface area contributed by atoms with Gasteiger partial charge in [-0.15, -0.1) is 0 Å². The zero-order valence-electron chi connectivity index (χ0n) is 9.75. The Balaban J connectivity index is 2.96. The molecule has 0 bridgehead atoms. The normalized spacial score (nSPS) is 12.3. The van der Waals surface area contributed by atoms with Gasteiger partial charge in [0.1, 0.15) is 0 Å². The maximum absolute atomic E-state index is 11.4. The molecule has 9 nitrogen and oxygen atoms in total. The van der Waals surface area contributed by atoms with Crippen molar-refractivity contribution in [2.45, 2.75) is 19.6 Å². The number of hydrogen-bond acceptors (Lipinski definition) is 6. The molecule has 0 saturated heterocycles. The first-order valence-electron chi connectivity index (χ1n) is 5.32. The lowest BCUT2D eigenvalue weighted by Crippen LogP contribution is -2.37. The molecule has 18 heavy (non-hydrogen) atoms. The molecular formula is C9H14N4O5. The summed E-state index contributed by atoms with van der Waals surface area (Å²) in [7, 11) is 0. The van der Waals surface area contributed by atoms with Crippen LogP contribution >= 0.6 is 0 Å². The Bertz CT molecular complexity index is 534. The topological polar surface area (TPSA) is 130 Å². The molecule has 1 unspecified atom stereocenters. The molecule has 1 heterocycles. The zero-order chi connectivity index (χ0) is 13.7. The Morgan fingerprint density at radius 3 is 2.83 bits per heavy atom. The SMILES string of the molecule is CCNCC(O)Cn1cc([N+](=O)[O-])c(=O)[nH]c1=O. The van der Waals surface area contributed by atoms with Crippen molar-refractivity contribution in [1.82, 2.24) is 14.9 Å². The summed E-state index contributed by atoms with van der Waals surface area (Å²) in [6.45, 7) is 2.61. The number of aromatic nitrogens is 2. The third-order valence-electron chi connectivity index (χ3n) is 2.23. The van der Waals surface area contributed by atoms with Crippen LogP contribution in [0.15, 0.2) is 15.8 Å². The maximum atomic E-state index is 11.4. The van der Waals surface area contributed by atoms with E-state index in [0.29, 0.717) is 6.54 Å². The standard InChI is InChI=1S/C9H14N4O5/c1-2-10-3-6(14)4-12-5-7(13(17)18)8(15)11-9(12)16/h5-6,10,14H,2-4H2,1H3,(H,11,15,16). The predicted molar refractivity (Wildman–Crippen MR) is 62.5 cm³/mol. The van der Waals surface area contributed by atoms with E-state index in [1.807, 2.05) is 11.9 Å². The molecule has 0 fully saturated rings. The molecule has 9 heteroatoms. The van der Waals surface area contributed by atoms with Crippen molar-refractivity contribution in [1.29, 1.82) is 0 Å². The van der Waals surface area contributed by atoms with Gasteiger partial charge in [0, 0.05) is 6.54 Å². The first kappa shape index (κ1) is 14.1. The number of rotatable bonds is 6. The van der Waals surface area contributed by atoms with Gasteiger partial charge in [0.15, 0.2) is 0 Å². The van der Waals surface area contributed by atoms with Crippen LogP contribution in [0.2, 0.25) is 0 Å². The van der Waals surface area contributed by atoms with E-state index in [0.717, 1.165) is 10.8 Å². The predicted octanol–water partition coefficient (Wildman–Crippen LogP) is -1.58. The number of likely N-dealkylation sites (N-methyl/N-ethyl adjacent to an activating group) is 1. The molecule has 0 aliphatic heterocycles. The van der Waals surface area contributed by atoms with Crippen LogP contribution in [-0.4, -0.2) is 38.8 Å². The van der Waals surface area contributed by atoms with Crippen molar-refractivity contribution in [2.24, 2.45) is 0 Å². The highest BCUT2D eigenvalue weighted by Crippen LogP contribution is 1.99. The summed E-state index contributed by atoms with van der Waals surface area (Å²) < 4.78 is 0.904. The molecule has 0 amide bonds. The van der Waals surface area contributed by atoms with Gasteiger partial charge in [0.05, 0.1) is 23.8 Å². The molecule has 1 rings (SSSR count). The Hall–Kier alpha value is -2.00. The molecule has 1 aromatic heterocycles. The lowest BCUT2D eigenvalue weighted by molar-refractivity contribution is -0.386. The molecule has 100 valence electrons. The van der Waals surface area contributed by atoms with E-state index in [1.54, 1.807) is 0 Å². The molecule has 0 spiro atoms. The average molecular weight is 258 g/mol. The number of aliphatic hydroxyl groups is 1. The second-order valence-corrected chi connectivity index (χ2v) is 3.64. The number of nitro groups is 1. The summed E-state index contributed by atoms with van der Waals surface area (Å²) in [5, 5.41) is 23.0. The van der Waals surface area contributed by atoms with Crippen LogP contribution in [0.1, 0.15) is 6.92 Å². The second-order valence-electron chi connectivity index (χ2n) is 3.64. The number of nitrogens with one attached hydrogen (secondary N) is 2. The minimum absolute atomic E-state index is 0.135. The second kappa shape index (κ2) is 6.07. The molecule has 0 aliphatic carbocycles. The van der Waals surface area contributed by atoms with Gasteiger partial charge in [-0.05, 0) is 6.54 Å². The van der Waals surface area contributed by atoms with E-state index in [2.05, 4.69) is 5.32 Å². The third kappa shape index (κ3) is 3.50. The van der Waals surface area contributed by atoms with Crippen LogP contribution < -0.4 is 16.6 Å². The number of aliphatic hydroxyl groups excluding tert-OH is 1. The van der Waals surface area contributed by atoms with Crippen molar-refractivity contribution in [3.63, 3.8) is 0 Å². The quantitative estimate of drug-likeness (QED) is 0.417. The fourth-order valence-electron chi connectivity index (χ4n) is 1.37. The molecule has 0 saturated carbocycles. The summed E-state index contributed by atoms with van der Waals surface area (Å²) in [4.78, 5) is 34.0. The third-order valence-corrected chi connectivity index (χ3v) is 2.23. The molecule has 0 aromatic carbocycles. The van der Waals surface area contributed by atoms with Crippen LogP contribution in [0.4, 0.5) is 5.69 Å². The lowest BCUT2D eigenvalue weighted by Gasteiger charge is -2.11. The van der Waals surface area contributed by atoms with Gasteiger partial charge in [-0.1, -0.05) is 6.92 Å². The minimum atomic E-state index is -1.05. The summed E-state index contributed by atoms with van der Waals surface area (Å²) in [6.07, 6.45) is -0.0516. The minimum Gasteiger partial charge on any atom is -0.390 e. The van der Waals surface area contributed by atoms with E-state index in [4.69, 9.17) is 0 Å². The van der Waals surface area contributed by atoms with Gasteiger partial charge in [-0.2, -0.15) is 0 Å². The van der Waals surface area contributed by atoms with Gasteiger partial charge >= 0.3 is 16.9 Å². The van der Waals surface area contributed by atoms with Gasteiger partial charge in [0.2, 0.25) is 0 Å². The highest BCUT2D eigenvalue weighted by atomic mass is 16.6. The monoisotopic (exact) mass is 258 g/mol. The molecular weight excluding hydrogens is 244 g/mol. The van der Waals surface area contributed by atoms with Crippen molar-refractivity contribution in [2.75, 3.05) is 13.1 Å². The molecule has 3 N–H and O–H groups in total. The van der Waals surface area contributed by atoms with Crippen LogP contribution in [0.5, 0.6) is 0 Å². The number of H-pyrrole nitrogens is 1. The first-order chi connectivity index (χ1) is 8.45. The van der Waals surface area contributed by atoms with Gasteiger partial charge in [-0.25, -0.2) is 4.79 Å². The molecule has 0 radical (unpaired) electrons. The summed E-state index contributed by atoms with van der Waals surface area (Å²) in [6, 6.07) is 0. The summed E-state index contributed by atoms with van der Waals surface area (Å²) >= 11 is 0. The highest BCUT2D eigenvalue weighted by Gasteiger charge is 2.16. The van der Waals surface area contributed by atoms with Gasteiger partial charge in [-0.3, -0.25) is 24.5 Å². The first-order valence-corrected chi connectivity index (χ1v) is 5.32. The molecule has 1 aromatic rings. The zero-order valence-corrected chi connectivity index (χ0v) is 9.75. The smallest absolute Gasteiger partial charge is 0.350 e. The van der Waals surface area contributed by atoms with Crippen molar-refractivity contribution in [3.8, 4) is 0 Å². The van der Waals surface area contributed by atoms with Crippen molar-refractivity contribution in [3.05, 3.63) is 37.1 Å². The van der Waals surface area contributed by atoms with Crippen LogP contribution in [0.3, 0.4) is 0 Å². The van der Waals surface area contributed by atoms with E-state index in [1.165, 1.54) is 0 Å². The van der Waals surface area contributed by atoms with E-state index >= 15 is 0 Å². The maximum Gasteiger partial charge on any atom is 0.350 e. The van der Waals surface area contributed by atoms with Crippen molar-refractivity contribution < 1.29 is 10.0 Å².